The number of carbonyl (C=O) groups excluding carboxylic acids is 1. The fourth-order valence-corrected chi connectivity index (χ4v) is 1.64. The van der Waals surface area contributed by atoms with Crippen LogP contribution in [0.4, 0.5) is 0 Å². The molecule has 0 aromatic heterocycles. The van der Waals surface area contributed by atoms with Crippen LogP contribution in [0.15, 0.2) is 5.11 Å². The van der Waals surface area contributed by atoms with Gasteiger partial charge < -0.3 is 9.84 Å². The van der Waals surface area contributed by atoms with E-state index in [9.17, 15) is 9.90 Å². The lowest BCUT2D eigenvalue weighted by Gasteiger charge is -2.29. The van der Waals surface area contributed by atoms with Gasteiger partial charge in [0, 0.05) is 18.3 Å². The molecule has 1 saturated carbocycles. The third-order valence-electron chi connectivity index (χ3n) is 2.27. The van der Waals surface area contributed by atoms with Crippen molar-refractivity contribution in [1.29, 1.82) is 0 Å². The van der Waals surface area contributed by atoms with Crippen molar-refractivity contribution in [3.8, 4) is 0 Å². The highest BCUT2D eigenvalue weighted by atomic mass is 16.5. The van der Waals surface area contributed by atoms with Crippen molar-refractivity contribution >= 4 is 5.97 Å². The number of hydrogen-bond acceptors (Lipinski definition) is 4. The van der Waals surface area contributed by atoms with E-state index in [4.69, 9.17) is 10.3 Å². The number of aliphatic hydroxyl groups excluding tert-OH is 1. The zero-order valence-electron chi connectivity index (χ0n) is 7.96. The number of azide groups is 1. The second-order valence-corrected chi connectivity index (χ2v) is 3.38. The summed E-state index contributed by atoms with van der Waals surface area (Å²) < 4.78 is 4.95. The highest BCUT2D eigenvalue weighted by Gasteiger charge is 2.29. The largest absolute Gasteiger partial charge is 0.462 e. The molecular weight excluding hydrogens is 186 g/mol. The third-order valence-corrected chi connectivity index (χ3v) is 2.27. The molecule has 6 heteroatoms. The number of nitrogens with zero attached hydrogens (tertiary/aromatic N) is 3. The fourth-order valence-electron chi connectivity index (χ4n) is 1.64. The SMILES string of the molecule is CC(=O)O[C@H]1CC[C@@H](N=[N+]=[N-])[C@H](O)C1. The van der Waals surface area contributed by atoms with E-state index in [1.807, 2.05) is 0 Å². The van der Waals surface area contributed by atoms with E-state index in [0.29, 0.717) is 19.3 Å². The van der Waals surface area contributed by atoms with Crippen molar-refractivity contribution in [3.63, 3.8) is 0 Å². The van der Waals surface area contributed by atoms with Gasteiger partial charge in [-0.3, -0.25) is 4.79 Å². The molecule has 1 aliphatic rings. The summed E-state index contributed by atoms with van der Waals surface area (Å²) in [6, 6.07) is -0.383. The minimum absolute atomic E-state index is 0.243. The summed E-state index contributed by atoms with van der Waals surface area (Å²) >= 11 is 0. The smallest absolute Gasteiger partial charge is 0.302 e. The normalized spacial score (nSPS) is 31.7. The fraction of sp³-hybridized carbons (Fsp3) is 0.875. The van der Waals surface area contributed by atoms with Crippen LogP contribution in [0.5, 0.6) is 0 Å². The number of aliphatic hydroxyl groups is 1. The standard InChI is InChI=1S/C8H13N3O3/c1-5(12)14-6-2-3-7(10-11-9)8(13)4-6/h6-8,13H,2-4H2,1H3/t6-,7+,8+/m0/s1. The van der Waals surface area contributed by atoms with Gasteiger partial charge in [0.2, 0.25) is 0 Å². The van der Waals surface area contributed by atoms with Crippen LogP contribution in [0.1, 0.15) is 26.2 Å². The maximum absolute atomic E-state index is 10.6. The molecule has 0 heterocycles. The van der Waals surface area contributed by atoms with Gasteiger partial charge in [-0.05, 0) is 18.4 Å². The molecule has 1 fully saturated rings. The predicted molar refractivity (Wildman–Crippen MR) is 48.3 cm³/mol. The van der Waals surface area contributed by atoms with E-state index in [1.54, 1.807) is 0 Å². The van der Waals surface area contributed by atoms with E-state index < -0.39 is 6.10 Å². The molecule has 0 aromatic carbocycles. The van der Waals surface area contributed by atoms with Gasteiger partial charge in [0.15, 0.2) is 0 Å². The van der Waals surface area contributed by atoms with Crippen molar-refractivity contribution in [2.75, 3.05) is 0 Å². The lowest BCUT2D eigenvalue weighted by atomic mass is 9.91. The molecule has 0 spiro atoms. The summed E-state index contributed by atoms with van der Waals surface area (Å²) in [4.78, 5) is 13.3. The molecule has 1 N–H and O–H groups in total. The molecule has 1 rings (SSSR count). The minimum atomic E-state index is -0.705. The topological polar surface area (TPSA) is 95.3 Å². The Balaban J connectivity index is 2.46. The first-order valence-corrected chi connectivity index (χ1v) is 4.53. The summed E-state index contributed by atoms with van der Waals surface area (Å²) in [7, 11) is 0. The third kappa shape index (κ3) is 2.90. The highest BCUT2D eigenvalue weighted by Crippen LogP contribution is 2.24. The Labute approximate surface area is 81.5 Å². The molecule has 0 amide bonds. The second-order valence-electron chi connectivity index (χ2n) is 3.38. The Morgan fingerprint density at radius 2 is 2.36 bits per heavy atom. The summed E-state index contributed by atoms with van der Waals surface area (Å²) in [5.74, 6) is -0.343. The molecule has 78 valence electrons. The number of hydrogen-bond donors (Lipinski definition) is 1. The average Bonchev–Trinajstić information content (AvgIpc) is 2.09. The number of esters is 1. The molecule has 14 heavy (non-hydrogen) atoms. The minimum Gasteiger partial charge on any atom is -0.462 e. The molecule has 3 atom stereocenters. The van der Waals surface area contributed by atoms with Crippen LogP contribution in [0.3, 0.4) is 0 Å². The van der Waals surface area contributed by atoms with Crippen LogP contribution in [-0.2, 0) is 9.53 Å². The van der Waals surface area contributed by atoms with Crippen molar-refractivity contribution in [2.24, 2.45) is 5.11 Å². The van der Waals surface area contributed by atoms with Crippen molar-refractivity contribution in [3.05, 3.63) is 10.4 Å². The van der Waals surface area contributed by atoms with E-state index in [0.717, 1.165) is 0 Å². The summed E-state index contributed by atoms with van der Waals surface area (Å²) in [6.45, 7) is 1.34. The molecule has 6 nitrogen and oxygen atoms in total. The van der Waals surface area contributed by atoms with Gasteiger partial charge in [-0.2, -0.15) is 0 Å². The number of ether oxygens (including phenoxy) is 1. The first kappa shape index (κ1) is 10.8. The lowest BCUT2D eigenvalue weighted by Crippen LogP contribution is -2.36. The maximum Gasteiger partial charge on any atom is 0.302 e. The summed E-state index contributed by atoms with van der Waals surface area (Å²) in [5.41, 5.74) is 8.21. The van der Waals surface area contributed by atoms with Crippen LogP contribution in [0.2, 0.25) is 0 Å². The van der Waals surface area contributed by atoms with Crippen molar-refractivity contribution in [2.45, 2.75) is 44.4 Å². The molecule has 0 aliphatic heterocycles. The van der Waals surface area contributed by atoms with Crippen molar-refractivity contribution in [1.82, 2.24) is 0 Å². The predicted octanol–water partition coefficient (Wildman–Crippen LogP) is 1.14. The molecule has 0 bridgehead atoms. The molecule has 1 aliphatic carbocycles. The van der Waals surface area contributed by atoms with Gasteiger partial charge in [0.25, 0.3) is 0 Å². The summed E-state index contributed by atoms with van der Waals surface area (Å²) in [6.07, 6.45) is 0.601. The van der Waals surface area contributed by atoms with Crippen molar-refractivity contribution < 1.29 is 14.6 Å². The zero-order chi connectivity index (χ0) is 10.6. The molecule has 0 radical (unpaired) electrons. The summed E-state index contributed by atoms with van der Waals surface area (Å²) in [5, 5.41) is 13.0. The van der Waals surface area contributed by atoms with Gasteiger partial charge in [-0.15, -0.1) is 0 Å². The van der Waals surface area contributed by atoms with Crippen LogP contribution in [-0.4, -0.2) is 29.3 Å². The van der Waals surface area contributed by atoms with E-state index >= 15 is 0 Å². The Morgan fingerprint density at radius 3 is 2.86 bits per heavy atom. The average molecular weight is 199 g/mol. The van der Waals surface area contributed by atoms with Crippen LogP contribution < -0.4 is 0 Å². The van der Waals surface area contributed by atoms with Crippen LogP contribution in [0, 0.1) is 0 Å². The number of carbonyl (C=O) groups is 1. The monoisotopic (exact) mass is 199 g/mol. The lowest BCUT2D eigenvalue weighted by molar-refractivity contribution is -0.149. The van der Waals surface area contributed by atoms with Gasteiger partial charge in [0.1, 0.15) is 6.10 Å². The first-order valence-electron chi connectivity index (χ1n) is 4.53. The second kappa shape index (κ2) is 4.83. The van der Waals surface area contributed by atoms with Crippen LogP contribution in [0.25, 0.3) is 10.4 Å². The number of rotatable bonds is 2. The van der Waals surface area contributed by atoms with E-state index in [1.165, 1.54) is 6.92 Å². The Kier molecular flexibility index (Phi) is 3.73. The Morgan fingerprint density at radius 1 is 1.64 bits per heavy atom. The van der Waals surface area contributed by atoms with E-state index in [-0.39, 0.29) is 18.1 Å². The first-order chi connectivity index (χ1) is 6.63. The highest BCUT2D eigenvalue weighted by molar-refractivity contribution is 5.66. The molecular formula is C8H13N3O3. The molecule has 0 unspecified atom stereocenters. The van der Waals surface area contributed by atoms with Crippen LogP contribution >= 0.6 is 0 Å². The zero-order valence-corrected chi connectivity index (χ0v) is 7.96. The maximum atomic E-state index is 10.6. The molecule has 0 saturated heterocycles. The Hall–Kier alpha value is -1.26. The quantitative estimate of drug-likeness (QED) is 0.312. The van der Waals surface area contributed by atoms with Gasteiger partial charge >= 0.3 is 5.97 Å². The van der Waals surface area contributed by atoms with Gasteiger partial charge in [-0.1, -0.05) is 5.11 Å². The van der Waals surface area contributed by atoms with Gasteiger partial charge in [0.05, 0.1) is 12.1 Å². The molecule has 0 aromatic rings. The van der Waals surface area contributed by atoms with Gasteiger partial charge in [-0.25, -0.2) is 0 Å². The Bertz CT molecular complexity index is 263. The van der Waals surface area contributed by atoms with E-state index in [2.05, 4.69) is 10.0 Å².